The summed E-state index contributed by atoms with van der Waals surface area (Å²) in [7, 11) is 0. The molecule has 3 rings (SSSR count). The summed E-state index contributed by atoms with van der Waals surface area (Å²) in [6, 6.07) is 26.5. The Bertz CT molecular complexity index is 915. The minimum absolute atomic E-state index is 0.692. The van der Waals surface area contributed by atoms with Crippen molar-refractivity contribution >= 4 is 23.5 Å². The van der Waals surface area contributed by atoms with Crippen LogP contribution in [0.4, 0.5) is 0 Å². The molecular formula is C23H18N2S2. The highest BCUT2D eigenvalue weighted by Crippen LogP contribution is 2.27. The second-order valence-corrected chi connectivity index (χ2v) is 8.27. The molecular weight excluding hydrogens is 368 g/mol. The van der Waals surface area contributed by atoms with Crippen LogP contribution in [0.15, 0.2) is 76.5 Å². The minimum atomic E-state index is 0.692. The number of aryl methyl sites for hydroxylation is 1. The second kappa shape index (κ2) is 9.33. The fourth-order valence-corrected chi connectivity index (χ4v) is 4.36. The van der Waals surface area contributed by atoms with Crippen LogP contribution in [0.2, 0.25) is 0 Å². The van der Waals surface area contributed by atoms with Gasteiger partial charge in [0, 0.05) is 21.3 Å². The highest BCUT2D eigenvalue weighted by Gasteiger charge is 2.03. The minimum Gasteiger partial charge on any atom is -0.192 e. The van der Waals surface area contributed by atoms with Crippen molar-refractivity contribution in [1.29, 1.82) is 10.5 Å². The molecule has 0 bridgehead atoms. The monoisotopic (exact) mass is 386 g/mol. The average Bonchev–Trinajstić information content (AvgIpc) is 2.71. The molecule has 0 aromatic heterocycles. The topological polar surface area (TPSA) is 47.6 Å². The lowest BCUT2D eigenvalue weighted by Crippen LogP contribution is -1.89. The molecule has 3 aromatic carbocycles. The van der Waals surface area contributed by atoms with Gasteiger partial charge in [-0.2, -0.15) is 10.5 Å². The molecule has 0 spiro atoms. The van der Waals surface area contributed by atoms with Crippen LogP contribution >= 0.6 is 23.5 Å². The van der Waals surface area contributed by atoms with Gasteiger partial charge in [-0.3, -0.25) is 0 Å². The Morgan fingerprint density at radius 2 is 1.07 bits per heavy atom. The molecule has 3 aromatic rings. The first-order chi connectivity index (χ1) is 13.2. The van der Waals surface area contributed by atoms with E-state index in [2.05, 4.69) is 37.3 Å². The molecule has 0 amide bonds. The van der Waals surface area contributed by atoms with Crippen LogP contribution < -0.4 is 0 Å². The van der Waals surface area contributed by atoms with E-state index in [0.717, 1.165) is 11.5 Å². The highest BCUT2D eigenvalue weighted by atomic mass is 32.2. The summed E-state index contributed by atoms with van der Waals surface area (Å²) >= 11 is 3.56. The van der Waals surface area contributed by atoms with Crippen LogP contribution in [0.1, 0.15) is 27.8 Å². The molecule has 0 atom stereocenters. The smallest absolute Gasteiger partial charge is 0.0991 e. The quantitative estimate of drug-likeness (QED) is 0.465. The number of benzene rings is 3. The first kappa shape index (κ1) is 19.1. The summed E-state index contributed by atoms with van der Waals surface area (Å²) < 4.78 is 0. The SMILES string of the molecule is Cc1cc(CSc2ccc(C#N)cc2)cc(CSc2ccc(C#N)cc2)c1. The van der Waals surface area contributed by atoms with Gasteiger partial charge in [-0.15, -0.1) is 23.5 Å². The van der Waals surface area contributed by atoms with Crippen LogP contribution in [0, 0.1) is 29.6 Å². The summed E-state index contributed by atoms with van der Waals surface area (Å²) in [6.45, 7) is 2.13. The number of nitriles is 2. The third-order valence-electron chi connectivity index (χ3n) is 3.97. The first-order valence-electron chi connectivity index (χ1n) is 8.51. The number of nitrogens with zero attached hydrogens (tertiary/aromatic N) is 2. The lowest BCUT2D eigenvalue weighted by molar-refractivity contribution is 1.27. The van der Waals surface area contributed by atoms with Crippen molar-refractivity contribution in [2.75, 3.05) is 0 Å². The first-order valence-corrected chi connectivity index (χ1v) is 10.5. The van der Waals surface area contributed by atoms with E-state index in [9.17, 15) is 0 Å². The maximum absolute atomic E-state index is 8.88. The van der Waals surface area contributed by atoms with Crippen molar-refractivity contribution in [3.63, 3.8) is 0 Å². The summed E-state index contributed by atoms with van der Waals surface area (Å²) in [5, 5.41) is 17.8. The molecule has 0 saturated heterocycles. The van der Waals surface area contributed by atoms with Crippen molar-refractivity contribution in [3.05, 3.63) is 94.5 Å². The number of thioether (sulfide) groups is 2. The molecule has 0 fully saturated rings. The molecule has 0 aliphatic rings. The van der Waals surface area contributed by atoms with Gasteiger partial charge in [0.05, 0.1) is 23.3 Å². The van der Waals surface area contributed by atoms with Gasteiger partial charge < -0.3 is 0 Å². The van der Waals surface area contributed by atoms with E-state index in [0.29, 0.717) is 11.1 Å². The zero-order valence-electron chi connectivity index (χ0n) is 15.0. The van der Waals surface area contributed by atoms with Crippen LogP contribution in [0.25, 0.3) is 0 Å². The van der Waals surface area contributed by atoms with Crippen molar-refractivity contribution in [2.24, 2.45) is 0 Å². The number of hydrogen-bond donors (Lipinski definition) is 0. The Kier molecular flexibility index (Phi) is 6.60. The second-order valence-electron chi connectivity index (χ2n) is 6.18. The third-order valence-corrected chi connectivity index (χ3v) is 6.14. The molecule has 0 saturated carbocycles. The lowest BCUT2D eigenvalue weighted by atomic mass is 10.1. The summed E-state index contributed by atoms with van der Waals surface area (Å²) in [5.74, 6) is 1.81. The predicted molar refractivity (Wildman–Crippen MR) is 113 cm³/mol. The molecule has 0 N–H and O–H groups in total. The molecule has 0 radical (unpaired) electrons. The highest BCUT2D eigenvalue weighted by molar-refractivity contribution is 7.98. The standard InChI is InChI=1S/C23H18N2S2/c1-17-10-20(15-26-22-6-2-18(13-24)3-7-22)12-21(11-17)16-27-23-8-4-19(14-25)5-9-23/h2-12H,15-16H2,1H3. The van der Waals surface area contributed by atoms with Crippen LogP contribution in [0.5, 0.6) is 0 Å². The van der Waals surface area contributed by atoms with Gasteiger partial charge in [0.15, 0.2) is 0 Å². The van der Waals surface area contributed by atoms with Gasteiger partial charge >= 0.3 is 0 Å². The molecule has 132 valence electrons. The molecule has 0 aliphatic heterocycles. The van der Waals surface area contributed by atoms with Gasteiger partial charge in [0.1, 0.15) is 0 Å². The molecule has 27 heavy (non-hydrogen) atoms. The Morgan fingerprint density at radius 1 is 0.667 bits per heavy atom. The predicted octanol–water partition coefficient (Wildman–Crippen LogP) is 6.32. The molecule has 4 heteroatoms. The zero-order chi connectivity index (χ0) is 19.1. The zero-order valence-corrected chi connectivity index (χ0v) is 16.6. The van der Waals surface area contributed by atoms with Crippen molar-refractivity contribution < 1.29 is 0 Å². The average molecular weight is 387 g/mol. The summed E-state index contributed by atoms with van der Waals surface area (Å²) in [6.07, 6.45) is 0. The van der Waals surface area contributed by atoms with Gasteiger partial charge in [-0.25, -0.2) is 0 Å². The van der Waals surface area contributed by atoms with Crippen molar-refractivity contribution in [3.8, 4) is 12.1 Å². The lowest BCUT2D eigenvalue weighted by Gasteiger charge is -2.08. The van der Waals surface area contributed by atoms with E-state index in [1.54, 1.807) is 23.5 Å². The summed E-state index contributed by atoms with van der Waals surface area (Å²) in [4.78, 5) is 2.34. The fraction of sp³-hybridized carbons (Fsp3) is 0.130. The van der Waals surface area contributed by atoms with Crippen molar-refractivity contribution in [2.45, 2.75) is 28.2 Å². The van der Waals surface area contributed by atoms with Gasteiger partial charge in [0.25, 0.3) is 0 Å². The van der Waals surface area contributed by atoms with Crippen LogP contribution in [-0.2, 0) is 11.5 Å². The Morgan fingerprint density at radius 3 is 1.44 bits per heavy atom. The molecule has 0 unspecified atom stereocenters. The normalized spacial score (nSPS) is 10.2. The maximum Gasteiger partial charge on any atom is 0.0991 e. The third kappa shape index (κ3) is 5.66. The molecule has 0 aliphatic carbocycles. The van der Waals surface area contributed by atoms with Crippen LogP contribution in [0.3, 0.4) is 0 Å². The summed E-state index contributed by atoms with van der Waals surface area (Å²) in [5.41, 5.74) is 5.26. The van der Waals surface area contributed by atoms with E-state index < -0.39 is 0 Å². The van der Waals surface area contributed by atoms with Gasteiger partial charge in [-0.05, 0) is 66.6 Å². The Hall–Kier alpha value is -2.66. The van der Waals surface area contributed by atoms with E-state index in [1.165, 1.54) is 26.5 Å². The van der Waals surface area contributed by atoms with Crippen LogP contribution in [-0.4, -0.2) is 0 Å². The van der Waals surface area contributed by atoms with E-state index >= 15 is 0 Å². The maximum atomic E-state index is 8.88. The van der Waals surface area contributed by atoms with E-state index in [4.69, 9.17) is 10.5 Å². The Balaban J connectivity index is 1.62. The molecule has 0 heterocycles. The van der Waals surface area contributed by atoms with E-state index in [1.807, 2.05) is 48.5 Å². The number of rotatable bonds is 6. The fourth-order valence-electron chi connectivity index (χ4n) is 2.70. The Labute approximate surface area is 168 Å². The molecule has 2 nitrogen and oxygen atoms in total. The largest absolute Gasteiger partial charge is 0.192 e. The van der Waals surface area contributed by atoms with Crippen molar-refractivity contribution in [1.82, 2.24) is 0 Å². The van der Waals surface area contributed by atoms with Gasteiger partial charge in [-0.1, -0.05) is 23.8 Å². The number of hydrogen-bond acceptors (Lipinski definition) is 4. The van der Waals surface area contributed by atoms with E-state index in [-0.39, 0.29) is 0 Å². The van der Waals surface area contributed by atoms with Gasteiger partial charge in [0.2, 0.25) is 0 Å².